The van der Waals surface area contributed by atoms with E-state index >= 15 is 4.79 Å². The van der Waals surface area contributed by atoms with Crippen molar-refractivity contribution in [3.05, 3.63) is 130 Å². The maximum absolute atomic E-state index is 15.1. The van der Waals surface area contributed by atoms with Gasteiger partial charge in [0, 0.05) is 34.6 Å². The summed E-state index contributed by atoms with van der Waals surface area (Å²) in [5, 5.41) is 16.1. The van der Waals surface area contributed by atoms with Crippen LogP contribution in [0.2, 0.25) is 18.6 Å². The van der Waals surface area contributed by atoms with Crippen LogP contribution in [0.5, 0.6) is 0 Å². The summed E-state index contributed by atoms with van der Waals surface area (Å²) in [5.41, 5.74) is 2.07. The molecule has 5 aromatic rings. The van der Waals surface area contributed by atoms with Crippen LogP contribution in [0.1, 0.15) is 30.0 Å². The Balaban J connectivity index is 1.24. The predicted octanol–water partition coefficient (Wildman–Crippen LogP) is 5.20. The molecule has 0 radical (unpaired) electrons. The van der Waals surface area contributed by atoms with Crippen LogP contribution in [0.3, 0.4) is 0 Å². The van der Waals surface area contributed by atoms with Gasteiger partial charge >= 0.3 is 0 Å². The molecule has 5 atom stereocenters. The van der Waals surface area contributed by atoms with Crippen LogP contribution < -0.4 is 10.5 Å². The summed E-state index contributed by atoms with van der Waals surface area (Å²) < 4.78 is 8.34. The Hall–Kier alpha value is -4.94. The molecule has 8 rings (SSSR count). The molecular weight excluding hydrogens is 661 g/mol. The van der Waals surface area contributed by atoms with E-state index in [1.165, 1.54) is 4.68 Å². The summed E-state index contributed by atoms with van der Waals surface area (Å²) in [6.07, 6.45) is 1.34. The van der Waals surface area contributed by atoms with Crippen LogP contribution in [0, 0.1) is 5.92 Å². The second-order valence-corrected chi connectivity index (χ2v) is 18.5. The third-order valence-electron chi connectivity index (χ3n) is 11.1. The molecule has 2 N–H and O–H groups in total. The number of carbonyl (C=O) groups excluding carboxylic acids is 2. The molecule has 1 aromatic heterocycles. The molecule has 3 aliphatic heterocycles. The number of hydrogen-bond donors (Lipinski definition) is 2. The molecule has 2 amide bonds. The number of aliphatic hydroxyl groups excluding tert-OH is 1. The Kier molecular flexibility index (Phi) is 8.06. The number of benzene rings is 4. The molecule has 1 fully saturated rings. The second kappa shape index (κ2) is 12.4. The molecule has 0 saturated carbocycles. The highest BCUT2D eigenvalue weighted by Crippen LogP contribution is 2.61. The molecule has 0 aliphatic carbocycles. The van der Waals surface area contributed by atoms with Crippen molar-refractivity contribution in [1.82, 2.24) is 14.7 Å². The first-order valence-electron chi connectivity index (χ1n) is 17.4. The van der Waals surface area contributed by atoms with Gasteiger partial charge in [0.05, 0.1) is 48.1 Å². The molecular formula is C40H40N4O6Si. The van der Waals surface area contributed by atoms with Gasteiger partial charge in [-0.15, -0.1) is 0 Å². The summed E-state index contributed by atoms with van der Waals surface area (Å²) in [6, 6.07) is 29.5. The molecule has 1 saturated heterocycles. The van der Waals surface area contributed by atoms with Gasteiger partial charge in [-0.1, -0.05) is 67.6 Å². The van der Waals surface area contributed by atoms with Gasteiger partial charge in [-0.05, 0) is 67.0 Å². The van der Waals surface area contributed by atoms with Gasteiger partial charge in [-0.2, -0.15) is 9.78 Å². The number of amides is 2. The van der Waals surface area contributed by atoms with E-state index in [1.54, 1.807) is 34.2 Å². The topological polar surface area (TPSA) is 125 Å². The number of hydrogen-bond acceptors (Lipinski definition) is 7. The number of nitrogens with zero attached hydrogens (tertiary/aromatic N) is 4. The van der Waals surface area contributed by atoms with Gasteiger partial charge in [0.2, 0.25) is 5.91 Å². The molecule has 10 nitrogen and oxygen atoms in total. The van der Waals surface area contributed by atoms with Gasteiger partial charge in [0.25, 0.3) is 11.5 Å². The molecule has 1 spiro atoms. The standard InChI is InChI=1S/C40H40N4O6Si/c1-25-37(51(2,3)49)35(21-36(46)42-23-28-13-8-7-11-26(28)19-31(42)24-45)50-40(25)33-20-30(44-38(47)32-16-10-9-12-27(32)22-41-44)17-18-34(33)43(39(40)48)29-14-5-4-6-15-29/h4-18,20,22,25,31,35,37,45,49H,19,21,23-24H2,1-3H3/t25-,31+,35+,37-,40+/m1/s1. The minimum atomic E-state index is -3.10. The van der Waals surface area contributed by atoms with Crippen LogP contribution in [-0.4, -0.2) is 63.5 Å². The lowest BCUT2D eigenvalue weighted by Crippen LogP contribution is -2.48. The molecule has 0 bridgehead atoms. The Bertz CT molecular complexity index is 2240. The minimum Gasteiger partial charge on any atom is -0.432 e. The maximum atomic E-state index is 15.1. The maximum Gasteiger partial charge on any atom is 0.279 e. The predicted molar refractivity (Wildman–Crippen MR) is 196 cm³/mol. The number of para-hydroxylation sites is 1. The van der Waals surface area contributed by atoms with Crippen molar-refractivity contribution in [2.24, 2.45) is 5.92 Å². The highest BCUT2D eigenvalue weighted by Gasteiger charge is 2.67. The van der Waals surface area contributed by atoms with Crippen molar-refractivity contribution in [2.75, 3.05) is 11.5 Å². The van der Waals surface area contributed by atoms with Crippen molar-refractivity contribution >= 4 is 42.3 Å². The van der Waals surface area contributed by atoms with Crippen molar-refractivity contribution in [3.8, 4) is 5.69 Å². The summed E-state index contributed by atoms with van der Waals surface area (Å²) in [4.78, 5) is 58.2. The number of carbonyl (C=O) groups is 2. The molecule has 11 heteroatoms. The third-order valence-corrected chi connectivity index (χ3v) is 13.6. The highest BCUT2D eigenvalue weighted by atomic mass is 28.4. The summed E-state index contributed by atoms with van der Waals surface area (Å²) in [6.45, 7) is 5.76. The summed E-state index contributed by atoms with van der Waals surface area (Å²) in [5.74, 6) is -1.05. The van der Waals surface area contributed by atoms with Crippen LogP contribution in [0.4, 0.5) is 11.4 Å². The first-order valence-corrected chi connectivity index (χ1v) is 20.4. The Labute approximate surface area is 296 Å². The molecule has 3 aliphatic rings. The van der Waals surface area contributed by atoms with Gasteiger partial charge < -0.3 is 19.5 Å². The van der Waals surface area contributed by atoms with E-state index in [2.05, 4.69) is 5.10 Å². The van der Waals surface area contributed by atoms with Crippen molar-refractivity contribution < 1.29 is 24.2 Å². The number of rotatable bonds is 6. The fourth-order valence-electron chi connectivity index (χ4n) is 8.76. The van der Waals surface area contributed by atoms with Crippen LogP contribution in [-0.2, 0) is 32.9 Å². The molecule has 51 heavy (non-hydrogen) atoms. The summed E-state index contributed by atoms with van der Waals surface area (Å²) in [7, 11) is -3.10. The van der Waals surface area contributed by atoms with Crippen molar-refractivity contribution in [1.29, 1.82) is 0 Å². The monoisotopic (exact) mass is 700 g/mol. The normalized spacial score (nSPS) is 24.3. The average molecular weight is 701 g/mol. The highest BCUT2D eigenvalue weighted by molar-refractivity contribution is 6.71. The van der Waals surface area contributed by atoms with E-state index < -0.39 is 37.5 Å². The lowest BCUT2D eigenvalue weighted by atomic mass is 9.82. The SMILES string of the molecule is C[C@@H]1[C@@H]([Si](C)(C)O)[C@H](CC(=O)N2Cc3ccccc3C[C@H]2CO)O[C@@]12C(=O)N(c1ccccc1)c1ccc(-n3ncc4ccccc4c3=O)cc12. The van der Waals surface area contributed by atoms with E-state index in [4.69, 9.17) is 4.74 Å². The van der Waals surface area contributed by atoms with Crippen LogP contribution in [0.25, 0.3) is 16.5 Å². The first kappa shape index (κ1) is 33.2. The van der Waals surface area contributed by atoms with E-state index in [1.807, 2.05) is 98.9 Å². The van der Waals surface area contributed by atoms with Crippen molar-refractivity contribution in [2.45, 2.75) is 62.7 Å². The van der Waals surface area contributed by atoms with E-state index in [9.17, 15) is 19.5 Å². The second-order valence-electron chi connectivity index (χ2n) is 14.5. The number of anilines is 2. The van der Waals surface area contributed by atoms with Crippen LogP contribution >= 0.6 is 0 Å². The zero-order valence-corrected chi connectivity index (χ0v) is 29.8. The first-order chi connectivity index (χ1) is 24.5. The van der Waals surface area contributed by atoms with E-state index in [0.29, 0.717) is 41.0 Å². The quantitative estimate of drug-likeness (QED) is 0.234. The zero-order valence-electron chi connectivity index (χ0n) is 28.8. The van der Waals surface area contributed by atoms with Gasteiger partial charge in [-0.3, -0.25) is 19.3 Å². The molecule has 260 valence electrons. The van der Waals surface area contributed by atoms with Crippen LogP contribution in [0.15, 0.2) is 108 Å². The number of aromatic nitrogens is 2. The number of fused-ring (bicyclic) bond motifs is 4. The fraction of sp³-hybridized carbons (Fsp3) is 0.300. The van der Waals surface area contributed by atoms with Gasteiger partial charge in [0.15, 0.2) is 13.9 Å². The third kappa shape index (κ3) is 5.26. The number of ether oxygens (including phenoxy) is 1. The smallest absolute Gasteiger partial charge is 0.279 e. The number of aliphatic hydroxyl groups is 1. The Morgan fingerprint density at radius 1 is 0.941 bits per heavy atom. The molecule has 0 unspecified atom stereocenters. The zero-order chi connectivity index (χ0) is 35.7. The minimum absolute atomic E-state index is 0.0637. The summed E-state index contributed by atoms with van der Waals surface area (Å²) >= 11 is 0. The van der Waals surface area contributed by atoms with Gasteiger partial charge in [0.1, 0.15) is 0 Å². The lowest BCUT2D eigenvalue weighted by Gasteiger charge is -2.37. The van der Waals surface area contributed by atoms with Gasteiger partial charge in [-0.25, -0.2) is 0 Å². The lowest BCUT2D eigenvalue weighted by molar-refractivity contribution is -0.150. The average Bonchev–Trinajstić information content (AvgIpc) is 3.57. The Morgan fingerprint density at radius 2 is 1.65 bits per heavy atom. The fourth-order valence-corrected chi connectivity index (χ4v) is 11.3. The Morgan fingerprint density at radius 3 is 2.39 bits per heavy atom. The van der Waals surface area contributed by atoms with E-state index in [-0.39, 0.29) is 30.4 Å². The molecule has 4 heterocycles. The molecule has 4 aromatic carbocycles. The van der Waals surface area contributed by atoms with Crippen molar-refractivity contribution in [3.63, 3.8) is 0 Å². The van der Waals surface area contributed by atoms with E-state index in [0.717, 1.165) is 16.5 Å². The largest absolute Gasteiger partial charge is 0.432 e.